The molecule has 42 heavy (non-hydrogen) atoms. The molecule has 5 rings (SSSR count). The maximum Gasteiger partial charge on any atom is 0.323 e. The molecule has 0 spiro atoms. The summed E-state index contributed by atoms with van der Waals surface area (Å²) in [6.07, 6.45) is 4.56. The highest BCUT2D eigenvalue weighted by Crippen LogP contribution is 2.37. The molecule has 0 amide bonds. The highest BCUT2D eigenvalue weighted by atomic mass is 16.5. The van der Waals surface area contributed by atoms with Crippen LogP contribution in [0.2, 0.25) is 0 Å². The molecule has 2 heterocycles. The van der Waals surface area contributed by atoms with Crippen LogP contribution in [-0.4, -0.2) is 65.2 Å². The normalized spacial score (nSPS) is 21.8. The highest BCUT2D eigenvalue weighted by molar-refractivity contribution is 5.76. The molecule has 3 aromatic carbocycles. The first-order valence-electron chi connectivity index (χ1n) is 15.9. The number of carbonyl (C=O) groups excluding carboxylic acids is 1. The van der Waals surface area contributed by atoms with Gasteiger partial charge in [-0.05, 0) is 60.6 Å². The third-order valence-corrected chi connectivity index (χ3v) is 9.42. The van der Waals surface area contributed by atoms with Gasteiger partial charge in [0.25, 0.3) is 0 Å². The van der Waals surface area contributed by atoms with Crippen LogP contribution in [-0.2, 0) is 22.6 Å². The number of ether oxygens (including phenoxy) is 1. The van der Waals surface area contributed by atoms with Crippen molar-refractivity contribution in [3.8, 4) is 0 Å². The quantitative estimate of drug-likeness (QED) is 0.259. The fraction of sp³-hybridized carbons (Fsp3) is 0.486. The molecule has 2 aliphatic rings. The zero-order valence-electron chi connectivity index (χ0n) is 25.4. The van der Waals surface area contributed by atoms with E-state index in [2.05, 4.69) is 84.3 Å². The zero-order chi connectivity index (χ0) is 29.4. The van der Waals surface area contributed by atoms with Gasteiger partial charge in [-0.3, -0.25) is 9.69 Å². The average molecular weight is 569 g/mol. The average Bonchev–Trinajstić information content (AvgIpc) is 3.41. The van der Waals surface area contributed by atoms with Crippen LogP contribution in [0.15, 0.2) is 91.0 Å². The number of hydrogen-bond donors (Lipinski definition) is 1. The van der Waals surface area contributed by atoms with Gasteiger partial charge in [0, 0.05) is 38.6 Å². The molecule has 224 valence electrons. The van der Waals surface area contributed by atoms with Gasteiger partial charge in [-0.25, -0.2) is 0 Å². The van der Waals surface area contributed by atoms with Gasteiger partial charge in [0.15, 0.2) is 0 Å². The molecule has 0 aromatic heterocycles. The van der Waals surface area contributed by atoms with E-state index < -0.39 is 5.60 Å². The standard InChI is InChI=1S/C37H48N2O3/c1-29(2)35(36(40)42-28-31-15-8-4-9-16-31)39-26-33(34(27-39)32-18-10-5-11-19-32)25-38-23-21-37(41,22-24-38)20-12-17-30-13-6-3-7-14-30/h3-11,13-16,18-19,29,33-35,41H,12,17,20-28H2,1-2H3/t33-,34+,35+/m0/s1. The van der Waals surface area contributed by atoms with Crippen molar-refractivity contribution in [2.45, 2.75) is 70.1 Å². The molecule has 0 unspecified atom stereocenters. The van der Waals surface area contributed by atoms with Crippen LogP contribution in [0.3, 0.4) is 0 Å². The van der Waals surface area contributed by atoms with E-state index in [9.17, 15) is 9.90 Å². The first-order chi connectivity index (χ1) is 20.4. The summed E-state index contributed by atoms with van der Waals surface area (Å²) in [6, 6.07) is 31.0. The molecule has 0 aliphatic carbocycles. The summed E-state index contributed by atoms with van der Waals surface area (Å²) in [5.74, 6) is 0.810. The molecule has 5 heteroatoms. The smallest absolute Gasteiger partial charge is 0.323 e. The molecule has 0 saturated carbocycles. The van der Waals surface area contributed by atoms with Gasteiger partial charge in [0.1, 0.15) is 12.6 Å². The molecule has 1 N–H and O–H groups in total. The van der Waals surface area contributed by atoms with E-state index in [1.54, 1.807) is 0 Å². The Morgan fingerprint density at radius 2 is 1.48 bits per heavy atom. The minimum absolute atomic E-state index is 0.125. The van der Waals surface area contributed by atoms with Gasteiger partial charge in [0.2, 0.25) is 0 Å². The summed E-state index contributed by atoms with van der Waals surface area (Å²) >= 11 is 0. The molecule has 2 aliphatic heterocycles. The summed E-state index contributed by atoms with van der Waals surface area (Å²) in [6.45, 7) is 9.13. The number of carbonyl (C=O) groups is 1. The van der Waals surface area contributed by atoms with Crippen molar-refractivity contribution in [2.75, 3.05) is 32.7 Å². The van der Waals surface area contributed by atoms with E-state index in [1.807, 2.05) is 30.3 Å². The van der Waals surface area contributed by atoms with Gasteiger partial charge in [-0.1, -0.05) is 105 Å². The van der Waals surface area contributed by atoms with E-state index in [0.29, 0.717) is 18.4 Å². The summed E-state index contributed by atoms with van der Waals surface area (Å²) in [5, 5.41) is 11.3. The van der Waals surface area contributed by atoms with Crippen LogP contribution in [0.1, 0.15) is 62.1 Å². The maximum atomic E-state index is 13.4. The van der Waals surface area contributed by atoms with Gasteiger partial charge in [-0.15, -0.1) is 0 Å². The Morgan fingerprint density at radius 3 is 2.10 bits per heavy atom. The summed E-state index contributed by atoms with van der Waals surface area (Å²) in [7, 11) is 0. The fourth-order valence-electron chi connectivity index (χ4n) is 7.05. The van der Waals surface area contributed by atoms with E-state index in [4.69, 9.17) is 4.74 Å². The molecule has 3 atom stereocenters. The Balaban J connectivity index is 1.19. The lowest BCUT2D eigenvalue weighted by Gasteiger charge is -2.40. The minimum atomic E-state index is -0.558. The van der Waals surface area contributed by atoms with Crippen LogP contribution >= 0.6 is 0 Å². The number of aryl methyl sites for hydroxylation is 1. The molecule has 2 fully saturated rings. The van der Waals surface area contributed by atoms with E-state index in [0.717, 1.165) is 70.4 Å². The van der Waals surface area contributed by atoms with E-state index in [1.165, 1.54) is 11.1 Å². The topological polar surface area (TPSA) is 53.0 Å². The van der Waals surface area contributed by atoms with Crippen molar-refractivity contribution in [1.29, 1.82) is 0 Å². The van der Waals surface area contributed by atoms with Crippen molar-refractivity contribution in [3.63, 3.8) is 0 Å². The van der Waals surface area contributed by atoms with Crippen LogP contribution in [0, 0.1) is 11.8 Å². The lowest BCUT2D eigenvalue weighted by Crippen LogP contribution is -2.47. The van der Waals surface area contributed by atoms with Gasteiger partial charge >= 0.3 is 5.97 Å². The van der Waals surface area contributed by atoms with Crippen molar-refractivity contribution >= 4 is 5.97 Å². The number of aliphatic hydroxyl groups is 1. The molecular weight excluding hydrogens is 520 g/mol. The first kappa shape index (κ1) is 30.5. The van der Waals surface area contributed by atoms with Crippen LogP contribution < -0.4 is 0 Å². The van der Waals surface area contributed by atoms with Gasteiger partial charge < -0.3 is 14.7 Å². The monoisotopic (exact) mass is 568 g/mol. The molecular formula is C37H48N2O3. The molecule has 3 aromatic rings. The summed E-state index contributed by atoms with van der Waals surface area (Å²) in [5.41, 5.74) is 3.15. The second-order valence-corrected chi connectivity index (χ2v) is 12.9. The number of hydrogen-bond acceptors (Lipinski definition) is 5. The van der Waals surface area contributed by atoms with Crippen molar-refractivity contribution < 1.29 is 14.6 Å². The lowest BCUT2D eigenvalue weighted by atomic mass is 9.84. The van der Waals surface area contributed by atoms with Crippen molar-refractivity contribution in [2.24, 2.45) is 11.8 Å². The molecule has 0 bridgehead atoms. The second-order valence-electron chi connectivity index (χ2n) is 12.9. The maximum absolute atomic E-state index is 13.4. The van der Waals surface area contributed by atoms with Crippen molar-refractivity contribution in [1.82, 2.24) is 9.80 Å². The second kappa shape index (κ2) is 14.5. The predicted molar refractivity (Wildman–Crippen MR) is 169 cm³/mol. The molecule has 5 nitrogen and oxygen atoms in total. The lowest BCUT2D eigenvalue weighted by molar-refractivity contribution is -0.153. The number of likely N-dealkylation sites (tertiary alicyclic amines) is 2. The largest absolute Gasteiger partial charge is 0.460 e. The SMILES string of the molecule is CC(C)[C@H](C(=O)OCc1ccccc1)N1C[C@H](CN2CCC(O)(CCCc3ccccc3)CC2)[C@@H](c2ccccc2)C1. The van der Waals surface area contributed by atoms with Gasteiger partial charge in [0.05, 0.1) is 5.60 Å². The Kier molecular flexibility index (Phi) is 10.5. The Labute approximate surface area is 252 Å². The third-order valence-electron chi connectivity index (χ3n) is 9.42. The number of piperidine rings is 1. The third kappa shape index (κ3) is 8.09. The van der Waals surface area contributed by atoms with Crippen LogP contribution in [0.4, 0.5) is 0 Å². The fourth-order valence-corrected chi connectivity index (χ4v) is 7.05. The first-order valence-corrected chi connectivity index (χ1v) is 15.9. The molecule has 0 radical (unpaired) electrons. The van der Waals surface area contributed by atoms with Crippen LogP contribution in [0.5, 0.6) is 0 Å². The van der Waals surface area contributed by atoms with E-state index >= 15 is 0 Å². The summed E-state index contributed by atoms with van der Waals surface area (Å²) in [4.78, 5) is 18.4. The zero-order valence-corrected chi connectivity index (χ0v) is 25.4. The Bertz CT molecular complexity index is 1230. The number of benzene rings is 3. The highest BCUT2D eigenvalue weighted by Gasteiger charge is 2.42. The molecule has 2 saturated heterocycles. The number of nitrogens with zero attached hydrogens (tertiary/aromatic N) is 2. The predicted octanol–water partition coefficient (Wildman–Crippen LogP) is 6.32. The van der Waals surface area contributed by atoms with Gasteiger partial charge in [-0.2, -0.15) is 0 Å². The Morgan fingerprint density at radius 1 is 0.881 bits per heavy atom. The van der Waals surface area contributed by atoms with E-state index in [-0.39, 0.29) is 17.9 Å². The number of esters is 1. The van der Waals surface area contributed by atoms with Crippen molar-refractivity contribution in [3.05, 3.63) is 108 Å². The summed E-state index contributed by atoms with van der Waals surface area (Å²) < 4.78 is 5.85. The minimum Gasteiger partial charge on any atom is -0.460 e. The Hall–Kier alpha value is -2.99. The van der Waals surface area contributed by atoms with Crippen LogP contribution in [0.25, 0.3) is 0 Å². The number of rotatable bonds is 12.